The van der Waals surface area contributed by atoms with E-state index >= 15 is 0 Å². The Hall–Kier alpha value is -3.43. The number of ether oxygens (including phenoxy) is 2. The van der Waals surface area contributed by atoms with Gasteiger partial charge in [0.05, 0.1) is 24.0 Å². The minimum atomic E-state index is -1.09. The van der Waals surface area contributed by atoms with Crippen LogP contribution in [0.15, 0.2) is 42.5 Å². The summed E-state index contributed by atoms with van der Waals surface area (Å²) in [6.45, 7) is 8.67. The number of hydrogen-bond donors (Lipinski definition) is 3. The molecule has 5 atom stereocenters. The highest BCUT2D eigenvalue weighted by Gasteiger charge is 2.77. The maximum atomic E-state index is 14.2. The van der Waals surface area contributed by atoms with E-state index in [2.05, 4.69) is 10.6 Å². The highest BCUT2D eigenvalue weighted by atomic mass is 16.5. The van der Waals surface area contributed by atoms with Crippen LogP contribution >= 0.6 is 0 Å². The number of nitrogens with zero attached hydrogens (tertiary/aromatic N) is 1. The lowest BCUT2D eigenvalue weighted by atomic mass is 9.66. The van der Waals surface area contributed by atoms with Crippen LogP contribution in [-0.4, -0.2) is 64.7 Å². The number of aliphatic hydroxyl groups is 1. The van der Waals surface area contributed by atoms with E-state index in [9.17, 15) is 19.5 Å². The van der Waals surface area contributed by atoms with Crippen LogP contribution in [0.1, 0.15) is 57.1 Å². The molecule has 3 fully saturated rings. The van der Waals surface area contributed by atoms with Gasteiger partial charge in [0, 0.05) is 24.5 Å². The zero-order valence-corrected chi connectivity index (χ0v) is 24.4. The van der Waals surface area contributed by atoms with Crippen molar-refractivity contribution in [3.8, 4) is 5.75 Å². The third-order valence-corrected chi connectivity index (χ3v) is 8.95. The number of aliphatic hydroxyl groups excluding tert-OH is 1. The molecule has 3 N–H and O–H groups in total. The normalized spacial score (nSPS) is 28.1. The molecule has 0 radical (unpaired) electrons. The summed E-state index contributed by atoms with van der Waals surface area (Å²) in [5.74, 6) is -1.60. The van der Waals surface area contributed by atoms with E-state index in [1.807, 2.05) is 45.9 Å². The Kier molecular flexibility index (Phi) is 8.12. The summed E-state index contributed by atoms with van der Waals surface area (Å²) in [5.41, 5.74) is 1.29. The molecule has 3 amide bonds. The Balaban J connectivity index is 1.45. The number of carbonyl (C=O) groups is 3. The van der Waals surface area contributed by atoms with Crippen LogP contribution in [0.2, 0.25) is 0 Å². The van der Waals surface area contributed by atoms with Gasteiger partial charge in [-0.05, 0) is 101 Å². The third kappa shape index (κ3) is 5.21. The molecule has 1 spiro atoms. The van der Waals surface area contributed by atoms with Gasteiger partial charge >= 0.3 is 0 Å². The highest BCUT2D eigenvalue weighted by molar-refractivity contribution is 6.05. The minimum absolute atomic E-state index is 0.0757. The highest BCUT2D eigenvalue weighted by Crippen LogP contribution is 2.63. The van der Waals surface area contributed by atoms with Gasteiger partial charge in [0.2, 0.25) is 17.7 Å². The maximum Gasteiger partial charge on any atom is 0.250 e. The van der Waals surface area contributed by atoms with Crippen molar-refractivity contribution < 1.29 is 29.0 Å². The molecule has 5 rings (SSSR count). The molecule has 2 unspecified atom stereocenters. The number of amides is 3. The van der Waals surface area contributed by atoms with Gasteiger partial charge in [-0.2, -0.15) is 0 Å². The zero-order chi connectivity index (χ0) is 29.4. The van der Waals surface area contributed by atoms with Crippen molar-refractivity contribution in [3.05, 3.63) is 53.6 Å². The van der Waals surface area contributed by atoms with Crippen LogP contribution in [-0.2, 0) is 19.1 Å². The van der Waals surface area contributed by atoms with Crippen molar-refractivity contribution in [2.45, 2.75) is 77.0 Å². The van der Waals surface area contributed by atoms with Gasteiger partial charge in [-0.15, -0.1) is 0 Å². The van der Waals surface area contributed by atoms with Crippen LogP contribution in [0.4, 0.5) is 11.4 Å². The number of nitrogens with one attached hydrogen (secondary N) is 2. The Labute approximate surface area is 241 Å². The van der Waals surface area contributed by atoms with Gasteiger partial charge in [0.25, 0.3) is 0 Å². The van der Waals surface area contributed by atoms with E-state index in [4.69, 9.17) is 9.47 Å². The first kappa shape index (κ1) is 29.1. The largest absolute Gasteiger partial charge is 0.494 e. The molecular formula is C32H41N3O6. The van der Waals surface area contributed by atoms with E-state index in [0.717, 1.165) is 17.5 Å². The molecule has 2 aromatic carbocycles. The van der Waals surface area contributed by atoms with Crippen LogP contribution in [0.5, 0.6) is 5.75 Å². The number of unbranched alkanes of at least 4 members (excludes halogenated alkanes) is 2. The molecule has 3 aliphatic rings. The van der Waals surface area contributed by atoms with Crippen molar-refractivity contribution in [2.75, 3.05) is 30.4 Å². The van der Waals surface area contributed by atoms with Crippen molar-refractivity contribution in [2.24, 2.45) is 11.8 Å². The fourth-order valence-corrected chi connectivity index (χ4v) is 7.03. The Bertz CT molecular complexity index is 1310. The third-order valence-electron chi connectivity index (χ3n) is 8.95. The predicted molar refractivity (Wildman–Crippen MR) is 156 cm³/mol. The Morgan fingerprint density at radius 1 is 1.05 bits per heavy atom. The molecule has 9 heteroatoms. The van der Waals surface area contributed by atoms with Crippen LogP contribution in [0.25, 0.3) is 0 Å². The minimum Gasteiger partial charge on any atom is -0.494 e. The summed E-state index contributed by atoms with van der Waals surface area (Å²) < 4.78 is 12.2. The Morgan fingerprint density at radius 3 is 2.51 bits per heavy atom. The lowest BCUT2D eigenvalue weighted by molar-refractivity contribution is -0.143. The monoisotopic (exact) mass is 563 g/mol. The number of fused-ring (bicyclic) bond motifs is 1. The number of likely N-dealkylation sites (tertiary alicyclic amines) is 1. The summed E-state index contributed by atoms with van der Waals surface area (Å²) in [4.78, 5) is 43.7. The summed E-state index contributed by atoms with van der Waals surface area (Å²) in [6, 6.07) is 12.1. The number of carbonyl (C=O) groups excluding carboxylic acids is 3. The second-order valence-electron chi connectivity index (χ2n) is 11.8. The molecule has 2 aromatic rings. The fourth-order valence-electron chi connectivity index (χ4n) is 7.03. The number of rotatable bonds is 11. The average Bonchev–Trinajstić information content (AvgIpc) is 3.50. The smallest absolute Gasteiger partial charge is 0.250 e. The standard InChI is InChI=1S/C32H41N3O6/c1-5-40-23-13-11-22(12-14-23)33-28(37)25-26-30(39)35(17-7-6-8-18-36)27(32(26)16-15-31(25,4)41-32)29(38)34-24-19-20(2)9-10-21(24)3/h9-14,19,25-27,36H,5-8,15-18H2,1-4H3,(H,33,37)(H,34,38)/t25-,26+,27?,31+,32?/m1/s1. The molecule has 220 valence electrons. The first-order valence-corrected chi connectivity index (χ1v) is 14.7. The van der Waals surface area contributed by atoms with E-state index < -0.39 is 29.1 Å². The second kappa shape index (κ2) is 11.4. The van der Waals surface area contributed by atoms with E-state index in [1.165, 1.54) is 0 Å². The molecule has 0 aromatic heterocycles. The van der Waals surface area contributed by atoms with Crippen LogP contribution in [0.3, 0.4) is 0 Å². The second-order valence-corrected chi connectivity index (χ2v) is 11.8. The Morgan fingerprint density at radius 2 is 1.80 bits per heavy atom. The number of anilines is 2. The van der Waals surface area contributed by atoms with Gasteiger partial charge in [0.15, 0.2) is 0 Å². The van der Waals surface area contributed by atoms with Gasteiger partial charge in [-0.1, -0.05) is 12.1 Å². The van der Waals surface area contributed by atoms with Gasteiger partial charge < -0.3 is 30.1 Å². The number of hydrogen-bond acceptors (Lipinski definition) is 6. The van der Waals surface area contributed by atoms with Crippen molar-refractivity contribution in [1.82, 2.24) is 4.90 Å². The number of benzene rings is 2. The van der Waals surface area contributed by atoms with E-state index in [1.54, 1.807) is 29.2 Å². The fraction of sp³-hybridized carbons (Fsp3) is 0.531. The van der Waals surface area contributed by atoms with Gasteiger partial charge in [-0.3, -0.25) is 14.4 Å². The molecule has 3 saturated heterocycles. The summed E-state index contributed by atoms with van der Waals surface area (Å²) in [7, 11) is 0. The molecule has 3 heterocycles. The van der Waals surface area contributed by atoms with Crippen molar-refractivity contribution in [3.63, 3.8) is 0 Å². The first-order chi connectivity index (χ1) is 19.6. The molecule has 9 nitrogen and oxygen atoms in total. The molecule has 3 aliphatic heterocycles. The lowest BCUT2D eigenvalue weighted by Crippen LogP contribution is -2.53. The SMILES string of the molecule is CCOc1ccc(NC(=O)[C@H]2[C@H]3C(=O)N(CCCCCO)C(C(=O)Nc4cc(C)ccc4C)C34CC[C@]2(C)O4)cc1. The van der Waals surface area contributed by atoms with E-state index in [0.29, 0.717) is 56.0 Å². The summed E-state index contributed by atoms with van der Waals surface area (Å²) >= 11 is 0. The van der Waals surface area contributed by atoms with Crippen molar-refractivity contribution >= 4 is 29.1 Å². The van der Waals surface area contributed by atoms with E-state index in [-0.39, 0.29) is 24.3 Å². The molecule has 2 bridgehead atoms. The zero-order valence-electron chi connectivity index (χ0n) is 24.4. The molecule has 41 heavy (non-hydrogen) atoms. The predicted octanol–water partition coefficient (Wildman–Crippen LogP) is 4.21. The lowest BCUT2D eigenvalue weighted by Gasteiger charge is -2.33. The van der Waals surface area contributed by atoms with Gasteiger partial charge in [0.1, 0.15) is 17.4 Å². The first-order valence-electron chi connectivity index (χ1n) is 14.7. The number of aryl methyl sites for hydroxylation is 2. The van der Waals surface area contributed by atoms with Crippen LogP contribution in [0, 0.1) is 25.7 Å². The maximum absolute atomic E-state index is 14.2. The molecule has 0 saturated carbocycles. The molecular weight excluding hydrogens is 522 g/mol. The van der Waals surface area contributed by atoms with Gasteiger partial charge in [-0.25, -0.2) is 0 Å². The average molecular weight is 564 g/mol. The van der Waals surface area contributed by atoms with Crippen molar-refractivity contribution in [1.29, 1.82) is 0 Å². The summed E-state index contributed by atoms with van der Waals surface area (Å²) in [5, 5.41) is 15.3. The topological polar surface area (TPSA) is 117 Å². The quantitative estimate of drug-likeness (QED) is 0.353. The molecule has 0 aliphatic carbocycles. The van der Waals surface area contributed by atoms with Crippen LogP contribution < -0.4 is 15.4 Å². The summed E-state index contributed by atoms with van der Waals surface area (Å²) in [6.07, 6.45) is 3.08.